The van der Waals surface area contributed by atoms with E-state index in [1.165, 1.54) is 0 Å². The van der Waals surface area contributed by atoms with E-state index in [4.69, 9.17) is 23.4 Å². The van der Waals surface area contributed by atoms with Crippen molar-refractivity contribution in [2.24, 2.45) is 0 Å². The summed E-state index contributed by atoms with van der Waals surface area (Å²) in [5, 5.41) is 0. The van der Waals surface area contributed by atoms with E-state index in [0.717, 1.165) is 0 Å². The van der Waals surface area contributed by atoms with Crippen LogP contribution in [0, 0.1) is 0 Å². The zero-order valence-corrected chi connectivity index (χ0v) is 20.3. The fourth-order valence-electron chi connectivity index (χ4n) is 3.65. The number of hydrogen-bond donors (Lipinski definition) is 0. The van der Waals surface area contributed by atoms with Crippen LogP contribution in [0.25, 0.3) is 22.7 Å². The van der Waals surface area contributed by atoms with E-state index >= 15 is 0 Å². The quantitative estimate of drug-likeness (QED) is 0.216. The van der Waals surface area contributed by atoms with Crippen molar-refractivity contribution < 1.29 is 28.2 Å². The maximum atomic E-state index is 13.7. The van der Waals surface area contributed by atoms with Crippen LogP contribution in [0.15, 0.2) is 65.1 Å². The maximum Gasteiger partial charge on any atom is 0.231 e. The number of allylic oxidation sites excluding steroid dienone is 1. The first kappa shape index (κ1) is 23.9. The summed E-state index contributed by atoms with van der Waals surface area (Å²) in [5.74, 6) is 2.14. The van der Waals surface area contributed by atoms with Crippen LogP contribution in [-0.4, -0.2) is 38.2 Å². The van der Waals surface area contributed by atoms with Crippen molar-refractivity contribution >= 4 is 28.5 Å². The van der Waals surface area contributed by atoms with Crippen molar-refractivity contribution in [3.63, 3.8) is 0 Å². The Morgan fingerprint density at radius 3 is 2.17 bits per heavy atom. The zero-order chi connectivity index (χ0) is 24.9. The third kappa shape index (κ3) is 5.14. The van der Waals surface area contributed by atoms with Gasteiger partial charge in [0.2, 0.25) is 5.89 Å². The molecule has 4 aromatic rings. The molecule has 0 atom stereocenters. The molecule has 0 saturated carbocycles. The molecule has 0 aliphatic heterocycles. The van der Waals surface area contributed by atoms with Crippen LogP contribution in [0.2, 0.25) is 0 Å². The van der Waals surface area contributed by atoms with E-state index < -0.39 is 0 Å². The van der Waals surface area contributed by atoms with Gasteiger partial charge in [-0.05, 0) is 62.4 Å². The number of benzene rings is 3. The smallest absolute Gasteiger partial charge is 0.231 e. The molecule has 0 bridgehead atoms. The van der Waals surface area contributed by atoms with Gasteiger partial charge in [0.15, 0.2) is 22.9 Å². The largest absolute Gasteiger partial charge is 0.496 e. The predicted octanol–water partition coefficient (Wildman–Crippen LogP) is 6.06. The SMILES string of the molecule is COc1cc(OC)c(OC)cc1/C=C(\C(=O)c1ccc(OC(C)C)cc1)c1nc2ccccc2o1. The molecule has 0 N–H and O–H groups in total. The number of methoxy groups -OCH3 is 3. The van der Waals surface area contributed by atoms with Gasteiger partial charge in [0.1, 0.15) is 17.0 Å². The Morgan fingerprint density at radius 2 is 1.54 bits per heavy atom. The highest BCUT2D eigenvalue weighted by atomic mass is 16.5. The van der Waals surface area contributed by atoms with Crippen molar-refractivity contribution in [3.8, 4) is 23.0 Å². The molecule has 1 aromatic heterocycles. The molecule has 7 heteroatoms. The van der Waals surface area contributed by atoms with Crippen LogP contribution in [0.5, 0.6) is 23.0 Å². The number of ether oxygens (including phenoxy) is 4. The summed E-state index contributed by atoms with van der Waals surface area (Å²) in [5.41, 5.74) is 2.58. The van der Waals surface area contributed by atoms with Gasteiger partial charge in [-0.1, -0.05) is 12.1 Å². The van der Waals surface area contributed by atoms with E-state index in [1.807, 2.05) is 38.1 Å². The lowest BCUT2D eigenvalue weighted by Gasteiger charge is -2.13. The second-order valence-corrected chi connectivity index (χ2v) is 8.01. The summed E-state index contributed by atoms with van der Waals surface area (Å²) >= 11 is 0. The lowest BCUT2D eigenvalue weighted by molar-refractivity contribution is 0.105. The number of nitrogens with zero attached hydrogens (tertiary/aromatic N) is 1. The molecule has 7 nitrogen and oxygen atoms in total. The van der Waals surface area contributed by atoms with Gasteiger partial charge in [0.05, 0.1) is 33.0 Å². The minimum absolute atomic E-state index is 0.0317. The summed E-state index contributed by atoms with van der Waals surface area (Å²) in [6.07, 6.45) is 1.72. The van der Waals surface area contributed by atoms with E-state index in [2.05, 4.69) is 4.98 Å². The van der Waals surface area contributed by atoms with Crippen LogP contribution in [0.4, 0.5) is 0 Å². The molecule has 1 heterocycles. The second kappa shape index (κ2) is 10.3. The lowest BCUT2D eigenvalue weighted by atomic mass is 10.00. The fraction of sp³-hybridized carbons (Fsp3) is 0.214. The van der Waals surface area contributed by atoms with Crippen LogP contribution in [0.1, 0.15) is 35.7 Å². The average Bonchev–Trinajstić information content (AvgIpc) is 3.30. The molecule has 0 saturated heterocycles. The highest BCUT2D eigenvalue weighted by molar-refractivity contribution is 6.31. The van der Waals surface area contributed by atoms with Gasteiger partial charge in [-0.15, -0.1) is 0 Å². The molecule has 0 radical (unpaired) electrons. The van der Waals surface area contributed by atoms with Crippen molar-refractivity contribution in [1.29, 1.82) is 0 Å². The number of oxazole rings is 1. The molecule has 3 aromatic carbocycles. The summed E-state index contributed by atoms with van der Waals surface area (Å²) in [6.45, 7) is 3.90. The number of aromatic nitrogens is 1. The van der Waals surface area contributed by atoms with Gasteiger partial charge in [0.25, 0.3) is 0 Å². The maximum absolute atomic E-state index is 13.7. The van der Waals surface area contributed by atoms with Gasteiger partial charge < -0.3 is 23.4 Å². The monoisotopic (exact) mass is 473 g/mol. The Hall–Kier alpha value is -4.26. The number of carbonyl (C=O) groups excluding carboxylic acids is 1. The molecular formula is C28H27NO6. The summed E-state index contributed by atoms with van der Waals surface area (Å²) in [7, 11) is 4.64. The first-order valence-corrected chi connectivity index (χ1v) is 11.1. The minimum atomic E-state index is -0.260. The van der Waals surface area contributed by atoms with Crippen LogP contribution in [0.3, 0.4) is 0 Å². The standard InChI is InChI=1S/C28H27NO6/c1-17(2)34-20-12-10-18(11-13-20)27(30)21(28-29-22-8-6-7-9-23(22)35-28)14-19-15-25(32-4)26(33-5)16-24(19)31-3/h6-17H,1-5H3/b21-14+. The topological polar surface area (TPSA) is 80.0 Å². The van der Waals surface area contributed by atoms with Gasteiger partial charge in [-0.2, -0.15) is 0 Å². The third-order valence-electron chi connectivity index (χ3n) is 5.29. The first-order chi connectivity index (χ1) is 16.9. The molecule has 4 rings (SSSR count). The van der Waals surface area contributed by atoms with Gasteiger partial charge >= 0.3 is 0 Å². The van der Waals surface area contributed by atoms with Crippen molar-refractivity contribution in [2.45, 2.75) is 20.0 Å². The second-order valence-electron chi connectivity index (χ2n) is 8.01. The zero-order valence-electron chi connectivity index (χ0n) is 20.3. The molecule has 0 aliphatic carbocycles. The Morgan fingerprint density at radius 1 is 0.886 bits per heavy atom. The molecule has 0 amide bonds. The molecule has 180 valence electrons. The Balaban J connectivity index is 1.85. The lowest BCUT2D eigenvalue weighted by Crippen LogP contribution is -2.07. The number of hydrogen-bond acceptors (Lipinski definition) is 7. The number of carbonyl (C=O) groups is 1. The van der Waals surface area contributed by atoms with Crippen LogP contribution < -0.4 is 18.9 Å². The van der Waals surface area contributed by atoms with E-state index in [0.29, 0.717) is 45.2 Å². The van der Waals surface area contributed by atoms with E-state index in [9.17, 15) is 4.79 Å². The van der Waals surface area contributed by atoms with Crippen molar-refractivity contribution in [3.05, 3.63) is 77.7 Å². The molecule has 0 fully saturated rings. The predicted molar refractivity (Wildman–Crippen MR) is 135 cm³/mol. The minimum Gasteiger partial charge on any atom is -0.496 e. The number of fused-ring (bicyclic) bond motifs is 1. The normalized spacial score (nSPS) is 11.5. The Bertz CT molecular complexity index is 1340. The van der Waals surface area contributed by atoms with Crippen molar-refractivity contribution in [2.75, 3.05) is 21.3 Å². The molecule has 35 heavy (non-hydrogen) atoms. The summed E-state index contributed by atoms with van der Waals surface area (Å²) < 4.78 is 28.1. The third-order valence-corrected chi connectivity index (χ3v) is 5.29. The Kier molecular flexibility index (Phi) is 7.06. The number of ketones is 1. The molecule has 0 unspecified atom stereocenters. The average molecular weight is 474 g/mol. The van der Waals surface area contributed by atoms with Crippen LogP contribution >= 0.6 is 0 Å². The van der Waals surface area contributed by atoms with Crippen LogP contribution in [-0.2, 0) is 0 Å². The van der Waals surface area contributed by atoms with E-state index in [1.54, 1.807) is 63.8 Å². The number of rotatable bonds is 9. The van der Waals surface area contributed by atoms with Crippen molar-refractivity contribution in [1.82, 2.24) is 4.98 Å². The summed E-state index contributed by atoms with van der Waals surface area (Å²) in [6, 6.07) is 17.8. The number of para-hydroxylation sites is 2. The van der Waals surface area contributed by atoms with Gasteiger partial charge in [-0.25, -0.2) is 4.98 Å². The molecule has 0 spiro atoms. The Labute approximate surface area is 203 Å². The van der Waals surface area contributed by atoms with Gasteiger partial charge in [-0.3, -0.25) is 4.79 Å². The molecular weight excluding hydrogens is 446 g/mol. The first-order valence-electron chi connectivity index (χ1n) is 11.1. The van der Waals surface area contributed by atoms with E-state index in [-0.39, 0.29) is 23.4 Å². The van der Waals surface area contributed by atoms with Gasteiger partial charge in [0, 0.05) is 17.2 Å². The highest BCUT2D eigenvalue weighted by Gasteiger charge is 2.22. The number of Topliss-reactive ketones (excluding diaryl/α,β-unsaturated/α-hetero) is 1. The highest BCUT2D eigenvalue weighted by Crippen LogP contribution is 2.37. The molecule has 0 aliphatic rings. The summed E-state index contributed by atoms with van der Waals surface area (Å²) in [4.78, 5) is 18.3. The fourth-order valence-corrected chi connectivity index (χ4v) is 3.65.